The van der Waals surface area contributed by atoms with Crippen molar-refractivity contribution in [3.63, 3.8) is 0 Å². The van der Waals surface area contributed by atoms with E-state index in [0.29, 0.717) is 13.0 Å². The largest absolute Gasteiger partial charge is 0.383 e. The van der Waals surface area contributed by atoms with Crippen LogP contribution in [0.25, 0.3) is 0 Å². The molecule has 20 heavy (non-hydrogen) atoms. The second kappa shape index (κ2) is 6.86. The molecular weight excluding hydrogens is 254 g/mol. The van der Waals surface area contributed by atoms with Crippen LogP contribution in [0.1, 0.15) is 37.3 Å². The summed E-state index contributed by atoms with van der Waals surface area (Å²) in [7, 11) is 0. The normalized spacial score (nSPS) is 21.3. The van der Waals surface area contributed by atoms with E-state index >= 15 is 0 Å². The van der Waals surface area contributed by atoms with E-state index in [1.807, 2.05) is 31.2 Å². The van der Waals surface area contributed by atoms with Crippen LogP contribution < -0.4 is 5.32 Å². The lowest BCUT2D eigenvalue weighted by molar-refractivity contribution is -0.127. The fraction of sp³-hybridized carbons (Fsp3) is 0.562. The number of aryl methyl sites for hydroxylation is 1. The van der Waals surface area contributed by atoms with Crippen LogP contribution in [0.5, 0.6) is 0 Å². The first kappa shape index (κ1) is 15.0. The standard InChI is InChI=1S/C16H23NO3/c1-2-10-20-11-15(18)17-12-16(19)9-5-7-13-6-3-4-8-14(13)16/h3-4,6,8,19H,2,5,7,9-12H2,1H3,(H,17,18). The van der Waals surface area contributed by atoms with E-state index in [-0.39, 0.29) is 19.1 Å². The average molecular weight is 277 g/mol. The molecule has 0 saturated heterocycles. The third-order valence-electron chi connectivity index (χ3n) is 3.71. The molecule has 0 aliphatic heterocycles. The summed E-state index contributed by atoms with van der Waals surface area (Å²) in [6.45, 7) is 2.89. The van der Waals surface area contributed by atoms with Gasteiger partial charge in [0.25, 0.3) is 0 Å². The van der Waals surface area contributed by atoms with Gasteiger partial charge in [0.1, 0.15) is 12.2 Å². The topological polar surface area (TPSA) is 58.6 Å². The number of carbonyl (C=O) groups excluding carboxylic acids is 1. The van der Waals surface area contributed by atoms with E-state index in [4.69, 9.17) is 4.74 Å². The number of hydrogen-bond donors (Lipinski definition) is 2. The second-order valence-electron chi connectivity index (χ2n) is 5.37. The van der Waals surface area contributed by atoms with Crippen molar-refractivity contribution < 1.29 is 14.6 Å². The van der Waals surface area contributed by atoms with Crippen LogP contribution in [0.15, 0.2) is 24.3 Å². The van der Waals surface area contributed by atoms with Crippen LogP contribution in [0.4, 0.5) is 0 Å². The van der Waals surface area contributed by atoms with Crippen LogP contribution in [0.2, 0.25) is 0 Å². The van der Waals surface area contributed by atoms with Gasteiger partial charge in [-0.15, -0.1) is 0 Å². The smallest absolute Gasteiger partial charge is 0.246 e. The zero-order chi connectivity index (χ0) is 14.4. The van der Waals surface area contributed by atoms with E-state index in [0.717, 1.165) is 24.8 Å². The number of aliphatic hydroxyl groups is 1. The van der Waals surface area contributed by atoms with Gasteiger partial charge in [0, 0.05) is 6.61 Å². The highest BCUT2D eigenvalue weighted by Gasteiger charge is 2.34. The highest BCUT2D eigenvalue weighted by molar-refractivity contribution is 5.77. The number of ether oxygens (including phenoxy) is 1. The lowest BCUT2D eigenvalue weighted by Crippen LogP contribution is -2.44. The van der Waals surface area contributed by atoms with Crippen molar-refractivity contribution >= 4 is 5.91 Å². The molecule has 4 nitrogen and oxygen atoms in total. The molecule has 0 fully saturated rings. The first-order valence-corrected chi connectivity index (χ1v) is 7.31. The molecule has 1 aromatic carbocycles. The third kappa shape index (κ3) is 3.58. The van der Waals surface area contributed by atoms with Crippen LogP contribution in [0.3, 0.4) is 0 Å². The molecule has 4 heteroatoms. The zero-order valence-electron chi connectivity index (χ0n) is 12.0. The van der Waals surface area contributed by atoms with Crippen molar-refractivity contribution in [3.8, 4) is 0 Å². The van der Waals surface area contributed by atoms with Crippen LogP contribution in [0, 0.1) is 0 Å². The lowest BCUT2D eigenvalue weighted by atomic mass is 9.79. The van der Waals surface area contributed by atoms with E-state index in [9.17, 15) is 9.90 Å². The van der Waals surface area contributed by atoms with Crippen molar-refractivity contribution in [3.05, 3.63) is 35.4 Å². The molecule has 0 heterocycles. The summed E-state index contributed by atoms with van der Waals surface area (Å²) in [5.74, 6) is -0.171. The molecule has 0 radical (unpaired) electrons. The van der Waals surface area contributed by atoms with Crippen molar-refractivity contribution in [2.75, 3.05) is 19.8 Å². The maximum atomic E-state index is 11.7. The monoisotopic (exact) mass is 277 g/mol. The molecule has 1 unspecified atom stereocenters. The summed E-state index contributed by atoms with van der Waals surface area (Å²) in [6, 6.07) is 7.92. The summed E-state index contributed by atoms with van der Waals surface area (Å²) < 4.78 is 5.19. The maximum absolute atomic E-state index is 11.7. The Morgan fingerprint density at radius 1 is 1.45 bits per heavy atom. The number of carbonyl (C=O) groups is 1. The quantitative estimate of drug-likeness (QED) is 0.779. The molecule has 1 aliphatic rings. The summed E-state index contributed by atoms with van der Waals surface area (Å²) in [4.78, 5) is 11.7. The summed E-state index contributed by atoms with van der Waals surface area (Å²) in [6.07, 6.45) is 3.51. The Kier molecular flexibility index (Phi) is 5.15. The summed E-state index contributed by atoms with van der Waals surface area (Å²) in [5.41, 5.74) is 1.17. The minimum atomic E-state index is -0.949. The molecule has 1 aromatic rings. The molecule has 1 amide bonds. The Bertz CT molecular complexity index is 461. The van der Waals surface area contributed by atoms with Gasteiger partial charge >= 0.3 is 0 Å². The molecular formula is C16H23NO3. The molecule has 1 atom stereocenters. The van der Waals surface area contributed by atoms with E-state index in [1.54, 1.807) is 0 Å². The number of hydrogen-bond acceptors (Lipinski definition) is 3. The van der Waals surface area contributed by atoms with Crippen molar-refractivity contribution in [1.29, 1.82) is 0 Å². The summed E-state index contributed by atoms with van der Waals surface area (Å²) in [5, 5.41) is 13.6. The second-order valence-corrected chi connectivity index (χ2v) is 5.37. The Labute approximate surface area is 120 Å². The van der Waals surface area contributed by atoms with Gasteiger partial charge in [-0.05, 0) is 36.8 Å². The first-order chi connectivity index (χ1) is 9.65. The highest BCUT2D eigenvalue weighted by atomic mass is 16.5. The fourth-order valence-electron chi connectivity index (χ4n) is 2.69. The van der Waals surface area contributed by atoms with Gasteiger partial charge in [0.15, 0.2) is 0 Å². The number of fused-ring (bicyclic) bond motifs is 1. The minimum Gasteiger partial charge on any atom is -0.383 e. The molecule has 0 saturated carbocycles. The first-order valence-electron chi connectivity index (χ1n) is 7.31. The third-order valence-corrected chi connectivity index (χ3v) is 3.71. The van der Waals surface area contributed by atoms with E-state index < -0.39 is 5.60 Å². The Hall–Kier alpha value is -1.39. The Morgan fingerprint density at radius 3 is 3.05 bits per heavy atom. The minimum absolute atomic E-state index is 0.0611. The van der Waals surface area contributed by atoms with Gasteiger partial charge in [-0.3, -0.25) is 4.79 Å². The van der Waals surface area contributed by atoms with E-state index in [2.05, 4.69) is 5.32 Å². The molecule has 1 aliphatic carbocycles. The number of amides is 1. The Balaban J connectivity index is 1.94. The molecule has 0 aromatic heterocycles. The molecule has 110 valence electrons. The highest BCUT2D eigenvalue weighted by Crippen LogP contribution is 2.34. The van der Waals surface area contributed by atoms with E-state index in [1.165, 1.54) is 5.56 Å². The SMILES string of the molecule is CCCOCC(=O)NCC1(O)CCCc2ccccc21. The number of rotatable bonds is 6. The number of nitrogens with one attached hydrogen (secondary N) is 1. The van der Waals surface area contributed by atoms with Crippen LogP contribution in [-0.4, -0.2) is 30.8 Å². The van der Waals surface area contributed by atoms with Crippen LogP contribution >= 0.6 is 0 Å². The average Bonchev–Trinajstić information content (AvgIpc) is 2.46. The van der Waals surface area contributed by atoms with Gasteiger partial charge < -0.3 is 15.2 Å². The zero-order valence-corrected chi connectivity index (χ0v) is 12.0. The summed E-state index contributed by atoms with van der Waals surface area (Å²) >= 11 is 0. The van der Waals surface area contributed by atoms with Crippen molar-refractivity contribution in [2.24, 2.45) is 0 Å². The molecule has 2 rings (SSSR count). The lowest BCUT2D eigenvalue weighted by Gasteiger charge is -2.34. The fourth-order valence-corrected chi connectivity index (χ4v) is 2.69. The van der Waals surface area contributed by atoms with Gasteiger partial charge in [-0.1, -0.05) is 31.2 Å². The van der Waals surface area contributed by atoms with Gasteiger partial charge in [0.05, 0.1) is 6.54 Å². The van der Waals surface area contributed by atoms with Crippen LogP contribution in [-0.2, 0) is 21.6 Å². The number of benzene rings is 1. The van der Waals surface area contributed by atoms with Crippen molar-refractivity contribution in [2.45, 2.75) is 38.2 Å². The Morgan fingerprint density at radius 2 is 2.25 bits per heavy atom. The van der Waals surface area contributed by atoms with Crippen molar-refractivity contribution in [1.82, 2.24) is 5.32 Å². The van der Waals surface area contributed by atoms with Gasteiger partial charge in [-0.25, -0.2) is 0 Å². The van der Waals surface area contributed by atoms with Gasteiger partial charge in [0.2, 0.25) is 5.91 Å². The van der Waals surface area contributed by atoms with Gasteiger partial charge in [-0.2, -0.15) is 0 Å². The molecule has 0 bridgehead atoms. The maximum Gasteiger partial charge on any atom is 0.246 e. The predicted octanol–water partition coefficient (Wildman–Crippen LogP) is 1.75. The molecule has 2 N–H and O–H groups in total. The molecule has 0 spiro atoms. The predicted molar refractivity (Wildman–Crippen MR) is 77.4 cm³/mol.